The van der Waals surface area contributed by atoms with Gasteiger partial charge in [-0.2, -0.15) is 0 Å². The average molecular weight is 311 g/mol. The van der Waals surface area contributed by atoms with E-state index in [0.717, 1.165) is 38.9 Å². The first-order valence-electron chi connectivity index (χ1n) is 8.59. The second-order valence-corrected chi connectivity index (χ2v) is 6.11. The standard InChI is InChI=1S/C16H29N3O3/c1-3-14-7-5-6-8-19(14)15(20)13-17-9-11-18(12-10-17)16(21)22-4-2/h14H,3-13H2,1-2H3. The number of rotatable bonds is 4. The zero-order valence-electron chi connectivity index (χ0n) is 13.9. The molecular weight excluding hydrogens is 282 g/mol. The van der Waals surface area contributed by atoms with Gasteiger partial charge in [0.15, 0.2) is 0 Å². The van der Waals surface area contributed by atoms with Crippen LogP contribution in [0, 0.1) is 0 Å². The summed E-state index contributed by atoms with van der Waals surface area (Å²) in [5, 5.41) is 0. The van der Waals surface area contributed by atoms with Gasteiger partial charge in [-0.25, -0.2) is 4.79 Å². The molecule has 0 spiro atoms. The van der Waals surface area contributed by atoms with Crippen LogP contribution in [-0.4, -0.2) is 78.6 Å². The molecule has 0 aliphatic carbocycles. The Kier molecular flexibility index (Phi) is 6.49. The molecule has 0 aromatic carbocycles. The molecule has 1 atom stereocenters. The molecule has 0 bridgehead atoms. The molecule has 6 heteroatoms. The van der Waals surface area contributed by atoms with E-state index in [-0.39, 0.29) is 12.0 Å². The quantitative estimate of drug-likeness (QED) is 0.790. The molecule has 2 heterocycles. The molecule has 22 heavy (non-hydrogen) atoms. The smallest absolute Gasteiger partial charge is 0.409 e. The molecule has 2 amide bonds. The highest BCUT2D eigenvalue weighted by atomic mass is 16.6. The highest BCUT2D eigenvalue weighted by Gasteiger charge is 2.28. The third kappa shape index (κ3) is 4.35. The van der Waals surface area contributed by atoms with Gasteiger partial charge in [0.05, 0.1) is 13.2 Å². The number of nitrogens with zero attached hydrogens (tertiary/aromatic N) is 3. The molecule has 0 saturated carbocycles. The van der Waals surface area contributed by atoms with Crippen molar-refractivity contribution in [2.24, 2.45) is 0 Å². The summed E-state index contributed by atoms with van der Waals surface area (Å²) >= 11 is 0. The summed E-state index contributed by atoms with van der Waals surface area (Å²) in [6.07, 6.45) is 4.30. The topological polar surface area (TPSA) is 53.1 Å². The zero-order chi connectivity index (χ0) is 15.9. The summed E-state index contributed by atoms with van der Waals surface area (Å²) in [5.74, 6) is 0.246. The molecule has 2 aliphatic heterocycles. The first-order chi connectivity index (χ1) is 10.7. The Morgan fingerprint density at radius 2 is 1.77 bits per heavy atom. The van der Waals surface area contributed by atoms with Crippen LogP contribution < -0.4 is 0 Å². The summed E-state index contributed by atoms with van der Waals surface area (Å²) < 4.78 is 5.01. The third-order valence-electron chi connectivity index (χ3n) is 4.68. The van der Waals surface area contributed by atoms with Crippen LogP contribution in [0.25, 0.3) is 0 Å². The minimum absolute atomic E-state index is 0.240. The molecule has 1 unspecified atom stereocenters. The van der Waals surface area contributed by atoms with Gasteiger partial charge in [-0.05, 0) is 32.6 Å². The lowest BCUT2D eigenvalue weighted by atomic mass is 10.00. The van der Waals surface area contributed by atoms with Crippen molar-refractivity contribution in [2.45, 2.75) is 45.6 Å². The number of carbonyl (C=O) groups is 2. The van der Waals surface area contributed by atoms with Gasteiger partial charge in [0.25, 0.3) is 0 Å². The Bertz CT molecular complexity index is 381. The van der Waals surface area contributed by atoms with E-state index < -0.39 is 0 Å². The van der Waals surface area contributed by atoms with E-state index in [0.29, 0.717) is 32.3 Å². The van der Waals surface area contributed by atoms with E-state index in [2.05, 4.69) is 16.7 Å². The Morgan fingerprint density at radius 3 is 2.41 bits per heavy atom. The van der Waals surface area contributed by atoms with Gasteiger partial charge in [-0.1, -0.05) is 6.92 Å². The summed E-state index contributed by atoms with van der Waals surface area (Å²) in [6, 6.07) is 0.419. The van der Waals surface area contributed by atoms with Crippen LogP contribution in [0.1, 0.15) is 39.5 Å². The Morgan fingerprint density at radius 1 is 1.05 bits per heavy atom. The fraction of sp³-hybridized carbons (Fsp3) is 0.875. The monoisotopic (exact) mass is 311 g/mol. The lowest BCUT2D eigenvalue weighted by Crippen LogP contribution is -2.53. The van der Waals surface area contributed by atoms with Gasteiger partial charge in [-0.3, -0.25) is 9.69 Å². The zero-order valence-corrected chi connectivity index (χ0v) is 13.9. The highest BCUT2D eigenvalue weighted by molar-refractivity contribution is 5.78. The number of piperidine rings is 1. The number of hydrogen-bond donors (Lipinski definition) is 0. The highest BCUT2D eigenvalue weighted by Crippen LogP contribution is 2.19. The van der Waals surface area contributed by atoms with Crippen LogP contribution in [-0.2, 0) is 9.53 Å². The summed E-state index contributed by atoms with van der Waals surface area (Å²) in [6.45, 7) is 8.54. The lowest BCUT2D eigenvalue weighted by molar-refractivity contribution is -0.136. The molecule has 0 aromatic rings. The fourth-order valence-corrected chi connectivity index (χ4v) is 3.34. The van der Waals surface area contributed by atoms with Gasteiger partial charge in [0, 0.05) is 38.8 Å². The van der Waals surface area contributed by atoms with Gasteiger partial charge in [0.1, 0.15) is 0 Å². The predicted octanol–water partition coefficient (Wildman–Crippen LogP) is 1.55. The number of hydrogen-bond acceptors (Lipinski definition) is 4. The molecule has 0 radical (unpaired) electrons. The molecule has 126 valence electrons. The van der Waals surface area contributed by atoms with E-state index in [1.807, 2.05) is 6.92 Å². The van der Waals surface area contributed by atoms with Crippen molar-refractivity contribution >= 4 is 12.0 Å². The summed E-state index contributed by atoms with van der Waals surface area (Å²) in [5.41, 5.74) is 0. The number of piperazine rings is 1. The maximum absolute atomic E-state index is 12.5. The Hall–Kier alpha value is -1.30. The molecule has 6 nitrogen and oxygen atoms in total. The molecule has 2 fully saturated rings. The third-order valence-corrected chi connectivity index (χ3v) is 4.68. The van der Waals surface area contributed by atoms with E-state index in [1.54, 1.807) is 4.90 Å². The minimum atomic E-state index is -0.240. The SMILES string of the molecule is CCOC(=O)N1CCN(CC(=O)N2CCCCC2CC)CC1. The molecule has 0 aromatic heterocycles. The molecule has 2 rings (SSSR count). The molecular formula is C16H29N3O3. The van der Waals surface area contributed by atoms with Gasteiger partial charge in [-0.15, -0.1) is 0 Å². The Labute approximate surface area is 133 Å². The van der Waals surface area contributed by atoms with Crippen molar-refractivity contribution in [3.63, 3.8) is 0 Å². The average Bonchev–Trinajstić information content (AvgIpc) is 2.55. The largest absolute Gasteiger partial charge is 0.450 e. The predicted molar refractivity (Wildman–Crippen MR) is 84.7 cm³/mol. The molecule has 0 N–H and O–H groups in total. The van der Waals surface area contributed by atoms with Crippen LogP contribution in [0.3, 0.4) is 0 Å². The van der Waals surface area contributed by atoms with Crippen LogP contribution in [0.5, 0.6) is 0 Å². The lowest BCUT2D eigenvalue weighted by Gasteiger charge is -2.38. The van der Waals surface area contributed by atoms with Crippen LogP contribution in [0.2, 0.25) is 0 Å². The maximum Gasteiger partial charge on any atom is 0.409 e. The number of ether oxygens (including phenoxy) is 1. The van der Waals surface area contributed by atoms with Gasteiger partial charge >= 0.3 is 6.09 Å². The number of likely N-dealkylation sites (tertiary alicyclic amines) is 1. The van der Waals surface area contributed by atoms with Crippen LogP contribution >= 0.6 is 0 Å². The fourth-order valence-electron chi connectivity index (χ4n) is 3.34. The number of amides is 2. The van der Waals surface area contributed by atoms with E-state index in [1.165, 1.54) is 6.42 Å². The van der Waals surface area contributed by atoms with Crippen molar-refractivity contribution in [2.75, 3.05) is 45.9 Å². The van der Waals surface area contributed by atoms with Crippen molar-refractivity contribution < 1.29 is 14.3 Å². The van der Waals surface area contributed by atoms with Crippen LogP contribution in [0.4, 0.5) is 4.79 Å². The van der Waals surface area contributed by atoms with Crippen molar-refractivity contribution in [1.82, 2.24) is 14.7 Å². The van der Waals surface area contributed by atoms with E-state index in [9.17, 15) is 9.59 Å². The second-order valence-electron chi connectivity index (χ2n) is 6.11. The molecule has 2 saturated heterocycles. The maximum atomic E-state index is 12.5. The van der Waals surface area contributed by atoms with E-state index in [4.69, 9.17) is 4.74 Å². The first-order valence-corrected chi connectivity index (χ1v) is 8.59. The van der Waals surface area contributed by atoms with Crippen LogP contribution in [0.15, 0.2) is 0 Å². The first kappa shape index (κ1) is 17.1. The number of carbonyl (C=O) groups excluding carboxylic acids is 2. The normalized spacial score (nSPS) is 23.5. The molecule has 2 aliphatic rings. The van der Waals surface area contributed by atoms with Gasteiger partial charge in [0.2, 0.25) is 5.91 Å². The second kappa shape index (κ2) is 8.36. The van der Waals surface area contributed by atoms with Crippen molar-refractivity contribution in [3.8, 4) is 0 Å². The van der Waals surface area contributed by atoms with Crippen molar-refractivity contribution in [3.05, 3.63) is 0 Å². The van der Waals surface area contributed by atoms with Crippen molar-refractivity contribution in [1.29, 1.82) is 0 Å². The summed E-state index contributed by atoms with van der Waals surface area (Å²) in [7, 11) is 0. The Balaban J connectivity index is 1.77. The van der Waals surface area contributed by atoms with Gasteiger partial charge < -0.3 is 14.5 Å². The summed E-state index contributed by atoms with van der Waals surface area (Å²) in [4.78, 5) is 30.1. The minimum Gasteiger partial charge on any atom is -0.450 e. The van der Waals surface area contributed by atoms with E-state index >= 15 is 0 Å².